The summed E-state index contributed by atoms with van der Waals surface area (Å²) in [5.74, 6) is 0. The Labute approximate surface area is 111 Å². The van der Waals surface area contributed by atoms with E-state index in [2.05, 4.69) is 9.55 Å². The molecule has 0 bridgehead atoms. The summed E-state index contributed by atoms with van der Waals surface area (Å²) in [7, 11) is 0. The van der Waals surface area contributed by atoms with E-state index in [-0.39, 0.29) is 15.8 Å². The summed E-state index contributed by atoms with van der Waals surface area (Å²) in [6.45, 7) is 1.01. The second-order valence-corrected chi connectivity index (χ2v) is 7.12. The van der Waals surface area contributed by atoms with Crippen molar-refractivity contribution in [2.45, 2.75) is 11.8 Å². The Kier molecular flexibility index (Phi) is 4.34. The van der Waals surface area contributed by atoms with Crippen LogP contribution in [-0.2, 0) is 6.54 Å². The van der Waals surface area contributed by atoms with E-state index >= 15 is 0 Å². The third-order valence-corrected chi connectivity index (χ3v) is 5.76. The Morgan fingerprint density at radius 3 is 2.88 bits per heavy atom. The van der Waals surface area contributed by atoms with Crippen LogP contribution in [0.5, 0.6) is 0 Å². The van der Waals surface area contributed by atoms with Gasteiger partial charge in [-0.05, 0) is 0 Å². The zero-order chi connectivity index (χ0) is 11.4. The standard InChI is InChI=1S/C11H11AsCl2N2/c13-9-1-2-10(11(14)7-9)12-3-5-16-6-4-15-8-16/h1-2,4,6-8,12H,3,5H2. The van der Waals surface area contributed by atoms with Crippen molar-refractivity contribution in [3.63, 3.8) is 0 Å². The molecular weight excluding hydrogens is 306 g/mol. The van der Waals surface area contributed by atoms with Crippen LogP contribution in [0, 0.1) is 0 Å². The molecule has 1 aromatic heterocycles. The topological polar surface area (TPSA) is 17.8 Å². The molecule has 5 heteroatoms. The fourth-order valence-corrected chi connectivity index (χ4v) is 4.40. The molecule has 0 N–H and O–H groups in total. The quantitative estimate of drug-likeness (QED) is 0.792. The fraction of sp³-hybridized carbons (Fsp3) is 0.182. The monoisotopic (exact) mass is 316 g/mol. The molecule has 0 amide bonds. The SMILES string of the molecule is Clc1ccc([AsH]CCn2ccnc2)c(Cl)c1. The summed E-state index contributed by atoms with van der Waals surface area (Å²) in [6, 6.07) is 5.77. The summed E-state index contributed by atoms with van der Waals surface area (Å²) < 4.78 is 3.36. The normalized spacial score (nSPS) is 11.4. The molecule has 16 heavy (non-hydrogen) atoms. The molecule has 0 fully saturated rings. The second-order valence-electron chi connectivity index (χ2n) is 3.35. The van der Waals surface area contributed by atoms with Crippen LogP contribution in [0.2, 0.25) is 15.3 Å². The Balaban J connectivity index is 1.90. The first-order valence-corrected chi connectivity index (χ1v) is 8.19. The summed E-state index contributed by atoms with van der Waals surface area (Å²) >= 11 is 11.8. The molecule has 0 radical (unpaired) electrons. The van der Waals surface area contributed by atoms with Crippen molar-refractivity contribution in [1.82, 2.24) is 9.55 Å². The van der Waals surface area contributed by atoms with Gasteiger partial charge in [0, 0.05) is 0 Å². The van der Waals surface area contributed by atoms with Gasteiger partial charge in [0.25, 0.3) is 0 Å². The van der Waals surface area contributed by atoms with Crippen molar-refractivity contribution < 1.29 is 0 Å². The molecule has 2 rings (SSSR count). The molecule has 0 saturated heterocycles. The molecule has 1 heterocycles. The first-order valence-electron chi connectivity index (χ1n) is 4.90. The van der Waals surface area contributed by atoms with E-state index < -0.39 is 0 Å². The Hall–Kier alpha value is -0.432. The Morgan fingerprint density at radius 1 is 1.31 bits per heavy atom. The molecule has 0 saturated carbocycles. The predicted molar refractivity (Wildman–Crippen MR) is 70.3 cm³/mol. The second kappa shape index (κ2) is 5.77. The minimum absolute atomic E-state index is 0.191. The number of benzene rings is 1. The van der Waals surface area contributed by atoms with Gasteiger partial charge < -0.3 is 0 Å². The van der Waals surface area contributed by atoms with Crippen molar-refractivity contribution in [1.29, 1.82) is 0 Å². The van der Waals surface area contributed by atoms with Gasteiger partial charge in [0.2, 0.25) is 0 Å². The van der Waals surface area contributed by atoms with Gasteiger partial charge in [0.15, 0.2) is 0 Å². The summed E-state index contributed by atoms with van der Waals surface area (Å²) in [5, 5.41) is 2.67. The maximum atomic E-state index is 6.12. The number of aryl methyl sites for hydroxylation is 1. The van der Waals surface area contributed by atoms with Gasteiger partial charge in [-0.2, -0.15) is 0 Å². The summed E-state index contributed by atoms with van der Waals surface area (Å²) in [5.41, 5.74) is 0. The molecular formula is C11H11AsCl2N2. The molecule has 1 aromatic carbocycles. The molecule has 1 unspecified atom stereocenters. The Morgan fingerprint density at radius 2 is 2.19 bits per heavy atom. The molecule has 1 atom stereocenters. The predicted octanol–water partition coefficient (Wildman–Crippen LogP) is 2.37. The number of hydrogen-bond donors (Lipinski definition) is 0. The molecule has 0 aliphatic heterocycles. The van der Waals surface area contributed by atoms with Crippen LogP contribution in [0.25, 0.3) is 0 Å². The number of rotatable bonds is 4. The van der Waals surface area contributed by atoms with Gasteiger partial charge in [0.05, 0.1) is 0 Å². The molecule has 84 valence electrons. The summed E-state index contributed by atoms with van der Waals surface area (Å²) in [6.07, 6.45) is 5.63. The van der Waals surface area contributed by atoms with Crippen molar-refractivity contribution in [3.8, 4) is 0 Å². The number of hydrogen-bond acceptors (Lipinski definition) is 1. The maximum absolute atomic E-state index is 6.12. The van der Waals surface area contributed by atoms with E-state index in [1.54, 1.807) is 6.20 Å². The third-order valence-electron chi connectivity index (χ3n) is 2.18. The zero-order valence-electron chi connectivity index (χ0n) is 8.53. The average molecular weight is 317 g/mol. The summed E-state index contributed by atoms with van der Waals surface area (Å²) in [4.78, 5) is 4.01. The third kappa shape index (κ3) is 3.28. The van der Waals surface area contributed by atoms with Crippen LogP contribution in [0.3, 0.4) is 0 Å². The van der Waals surface area contributed by atoms with E-state index in [9.17, 15) is 0 Å². The van der Waals surface area contributed by atoms with Crippen LogP contribution in [0.4, 0.5) is 0 Å². The van der Waals surface area contributed by atoms with E-state index in [4.69, 9.17) is 23.2 Å². The zero-order valence-corrected chi connectivity index (χ0v) is 12.1. The first kappa shape index (κ1) is 12.0. The molecule has 2 nitrogen and oxygen atoms in total. The average Bonchev–Trinajstić information content (AvgIpc) is 2.74. The van der Waals surface area contributed by atoms with Crippen LogP contribution in [-0.4, -0.2) is 25.3 Å². The number of nitrogens with zero attached hydrogens (tertiary/aromatic N) is 2. The number of halogens is 2. The fourth-order valence-electron chi connectivity index (χ4n) is 1.37. The first-order chi connectivity index (χ1) is 7.75. The number of imidazole rings is 1. The van der Waals surface area contributed by atoms with Gasteiger partial charge in [-0.3, -0.25) is 0 Å². The van der Waals surface area contributed by atoms with Crippen molar-refractivity contribution in [2.24, 2.45) is 0 Å². The van der Waals surface area contributed by atoms with Crippen LogP contribution >= 0.6 is 23.2 Å². The van der Waals surface area contributed by atoms with Gasteiger partial charge in [0.1, 0.15) is 0 Å². The molecule has 0 aliphatic rings. The van der Waals surface area contributed by atoms with Gasteiger partial charge in [-0.25, -0.2) is 0 Å². The molecule has 0 aliphatic carbocycles. The van der Waals surface area contributed by atoms with Gasteiger partial charge in [-0.1, -0.05) is 0 Å². The van der Waals surface area contributed by atoms with Crippen molar-refractivity contribution >= 4 is 43.3 Å². The van der Waals surface area contributed by atoms with Gasteiger partial charge >= 0.3 is 112 Å². The molecule has 2 aromatic rings. The van der Waals surface area contributed by atoms with E-state index in [0.717, 1.165) is 16.8 Å². The van der Waals surface area contributed by atoms with Crippen LogP contribution in [0.1, 0.15) is 0 Å². The van der Waals surface area contributed by atoms with Crippen LogP contribution < -0.4 is 4.35 Å². The van der Waals surface area contributed by atoms with Crippen molar-refractivity contribution in [2.75, 3.05) is 0 Å². The van der Waals surface area contributed by atoms with Crippen LogP contribution in [0.15, 0.2) is 36.9 Å². The number of aromatic nitrogens is 2. The Bertz CT molecular complexity index is 457. The van der Waals surface area contributed by atoms with Crippen molar-refractivity contribution in [3.05, 3.63) is 47.0 Å². The van der Waals surface area contributed by atoms with Gasteiger partial charge in [-0.15, -0.1) is 0 Å². The van der Waals surface area contributed by atoms with E-state index in [0.29, 0.717) is 5.02 Å². The van der Waals surface area contributed by atoms with E-state index in [1.807, 2.05) is 30.7 Å². The molecule has 0 spiro atoms. The van der Waals surface area contributed by atoms with E-state index in [1.165, 1.54) is 4.35 Å². The minimum atomic E-state index is -0.191.